The Morgan fingerprint density at radius 2 is 0.574 bits per heavy atom. The van der Waals surface area contributed by atoms with Crippen LogP contribution >= 0.6 is 0 Å². The Balaban J connectivity index is 0.00000400. The van der Waals surface area contributed by atoms with Crippen LogP contribution in [0.1, 0.15) is 43.0 Å². The van der Waals surface area contributed by atoms with E-state index in [-0.39, 0.29) is 175 Å². The summed E-state index contributed by atoms with van der Waals surface area (Å²) < 4.78 is 71.4. The van der Waals surface area contributed by atoms with Gasteiger partial charge in [-0.1, -0.05) is 47.9 Å². The summed E-state index contributed by atoms with van der Waals surface area (Å²) in [5, 5.41) is 96.1. The molecule has 0 saturated carbocycles. The average molecular weight is 1340 g/mol. The molecule has 0 aliphatic rings. The fourth-order valence-electron chi connectivity index (χ4n) is 8.60. The SMILES string of the molecule is Cc1cc(-c2ccc(N=Nc3cc(N=Nc4cc(N=Nc5cc(N=Nc6ccc(-c7ccc(N=Nc8ccc([O-])c(C(=O)[O-])c8)c(C)c7)cc6C)c(N)cc5N)c(S(=O)(=O)O)cc4S(=O)(=O)O)c(N)cc3N)c(C)c2)ccc1N=Nc1ccc([O-])c(C(=O)[O-])c1.[Na+].[Na+].[Na+].[Na+]. The van der Waals surface area contributed by atoms with Crippen LogP contribution in [0.25, 0.3) is 22.3 Å². The van der Waals surface area contributed by atoms with Crippen LogP contribution in [-0.2, 0) is 20.2 Å². The van der Waals surface area contributed by atoms with Crippen molar-refractivity contribution in [1.82, 2.24) is 0 Å². The number of hydrogen-bond donors (Lipinski definition) is 6. The first-order chi connectivity index (χ1) is 42.6. The van der Waals surface area contributed by atoms with Gasteiger partial charge in [-0.2, -0.15) is 47.5 Å². The Labute approximate surface area is 625 Å². The number of nitrogen functional groups attached to an aromatic ring is 4. The van der Waals surface area contributed by atoms with Gasteiger partial charge in [0.15, 0.2) is 0 Å². The van der Waals surface area contributed by atoms with Crippen molar-refractivity contribution in [1.29, 1.82) is 0 Å². The largest absolute Gasteiger partial charge is 1.00 e. The molecule has 0 heterocycles. The van der Waals surface area contributed by atoms with Gasteiger partial charge in [-0.15, -0.1) is 30.7 Å². The monoisotopic (exact) mass is 1340 g/mol. The topological polar surface area (TPSA) is 488 Å². The maximum Gasteiger partial charge on any atom is 1.00 e. The molecular weight excluding hydrogens is 1290 g/mol. The van der Waals surface area contributed by atoms with Crippen molar-refractivity contribution >= 4 is 123 Å². The molecule has 0 bridgehead atoms. The van der Waals surface area contributed by atoms with E-state index < -0.39 is 76.0 Å². The van der Waals surface area contributed by atoms with Crippen molar-refractivity contribution in [2.24, 2.45) is 61.4 Å². The third-order valence-electron chi connectivity index (χ3n) is 13.4. The van der Waals surface area contributed by atoms with Crippen molar-refractivity contribution < 1.29 is 174 Å². The van der Waals surface area contributed by atoms with Crippen molar-refractivity contribution in [2.45, 2.75) is 37.5 Å². The van der Waals surface area contributed by atoms with Crippen molar-refractivity contribution in [3.63, 3.8) is 0 Å². The molecule has 0 fully saturated rings. The molecule has 10 N–H and O–H groups in total. The van der Waals surface area contributed by atoms with Gasteiger partial charge in [0.2, 0.25) is 0 Å². The van der Waals surface area contributed by atoms with E-state index in [1.807, 2.05) is 50.2 Å². The van der Waals surface area contributed by atoms with Gasteiger partial charge in [0, 0.05) is 0 Å². The van der Waals surface area contributed by atoms with Crippen LogP contribution in [0.4, 0.5) is 91.0 Å². The molecule has 0 atom stereocenters. The zero-order valence-corrected chi connectivity index (χ0v) is 61.0. The summed E-state index contributed by atoms with van der Waals surface area (Å²) in [4.78, 5) is 20.3. The van der Waals surface area contributed by atoms with Crippen LogP contribution in [0.2, 0.25) is 0 Å². The molecule has 0 amide bonds. The van der Waals surface area contributed by atoms with Gasteiger partial charge in [0.1, 0.15) is 43.9 Å². The molecular formula is C60H46N16Na4O12S2. The number of hydrogen-bond acceptors (Lipinski definition) is 26. The van der Waals surface area contributed by atoms with Gasteiger partial charge < -0.3 is 52.9 Å². The van der Waals surface area contributed by atoms with Crippen molar-refractivity contribution in [2.75, 3.05) is 22.9 Å². The number of aryl methyl sites for hydroxylation is 4. The van der Waals surface area contributed by atoms with Crippen molar-refractivity contribution in [3.05, 3.63) is 179 Å². The number of azo groups is 6. The summed E-state index contributed by atoms with van der Waals surface area (Å²) in [6.07, 6.45) is 0. The zero-order chi connectivity index (χ0) is 64.9. The van der Waals surface area contributed by atoms with Crippen LogP contribution < -0.4 is 162 Å². The Kier molecular flexibility index (Phi) is 26.6. The minimum Gasteiger partial charge on any atom is -0.872 e. The average Bonchev–Trinajstić information content (AvgIpc) is 0.787. The number of carboxylic acid groups (broad SMARTS) is 2. The van der Waals surface area contributed by atoms with Crippen LogP contribution in [0.5, 0.6) is 11.5 Å². The molecule has 0 spiro atoms. The molecule has 9 aromatic rings. The molecule has 0 aliphatic heterocycles. The Morgan fingerprint density at radius 3 is 0.830 bits per heavy atom. The van der Waals surface area contributed by atoms with E-state index in [0.29, 0.717) is 39.9 Å². The maximum absolute atomic E-state index is 12.7. The third-order valence-corrected chi connectivity index (χ3v) is 15.1. The second-order valence-corrected chi connectivity index (χ2v) is 22.6. The second kappa shape index (κ2) is 32.5. The fourth-order valence-corrected chi connectivity index (χ4v) is 9.94. The Morgan fingerprint density at radius 1 is 0.330 bits per heavy atom. The standard InChI is InChI=1S/C60H50N16O12S2.4Na/c1-29-17-33(5-11-45(29)67-65-37-9-15-55(77)39(21-37)59(79)80)35-7-13-47(31(3)19-35)69-71-49-25-51(43(63)23-41(49)61)73-75-53-27-54(58(90(86,87)88)28-57(53)89(83,84)85)76-74-52-26-50(42(62)24-44(52)64)72-70-48-14-8-36(20-32(48)4)34-6-12-46(30(2)18-34)68-66-38-10-16-56(78)40(22-38)60(81)82;;;;/h5-28,77-78H,61-64H2,1-4H3,(H,79,80)(H,81,82)(H,83,84,85)(H,86,87,88);;;;/q;4*+1/p-4. The third kappa shape index (κ3) is 18.7. The Hall–Kier alpha value is -7.86. The molecule has 0 aliphatic carbocycles. The van der Waals surface area contributed by atoms with E-state index in [9.17, 15) is 56.0 Å². The second-order valence-electron chi connectivity index (χ2n) is 19.8. The van der Waals surface area contributed by atoms with E-state index in [2.05, 4.69) is 61.4 Å². The molecule has 94 heavy (non-hydrogen) atoms. The molecule has 0 radical (unpaired) electrons. The zero-order valence-electron chi connectivity index (χ0n) is 51.3. The number of carboxylic acids is 2. The van der Waals surface area contributed by atoms with Crippen LogP contribution in [0, 0.1) is 27.7 Å². The minimum atomic E-state index is -5.30. The normalized spacial score (nSPS) is 11.7. The number of nitrogens with two attached hydrogens (primary N) is 4. The summed E-state index contributed by atoms with van der Waals surface area (Å²) in [7, 11) is -10.6. The fraction of sp³-hybridized carbons (Fsp3) is 0.0667. The van der Waals surface area contributed by atoms with E-state index in [1.165, 1.54) is 36.4 Å². The minimum absolute atomic E-state index is 0. The van der Waals surface area contributed by atoms with Crippen LogP contribution in [-0.4, -0.2) is 37.9 Å². The molecule has 9 aromatic carbocycles. The summed E-state index contributed by atoms with van der Waals surface area (Å²) in [5.74, 6) is -4.65. The number of aromatic carboxylic acids is 2. The molecule has 34 heteroatoms. The van der Waals surface area contributed by atoms with E-state index in [0.717, 1.165) is 63.7 Å². The first kappa shape index (κ1) is 76.8. The van der Waals surface area contributed by atoms with Crippen LogP contribution in [0.15, 0.2) is 217 Å². The van der Waals surface area contributed by atoms with Crippen LogP contribution in [0.3, 0.4) is 0 Å². The van der Waals surface area contributed by atoms with E-state index in [1.54, 1.807) is 50.2 Å². The number of carbonyl (C=O) groups is 2. The quantitative estimate of drug-likeness (QED) is 0.0294. The molecule has 9 rings (SSSR count). The van der Waals surface area contributed by atoms with Gasteiger partial charge >= 0.3 is 118 Å². The van der Waals surface area contributed by atoms with Gasteiger partial charge in [-0.25, -0.2) is 0 Å². The molecule has 0 unspecified atom stereocenters. The summed E-state index contributed by atoms with van der Waals surface area (Å²) in [5.41, 5.74) is 30.6. The summed E-state index contributed by atoms with van der Waals surface area (Å²) in [6.45, 7) is 7.22. The Bertz CT molecular complexity index is 4610. The van der Waals surface area contributed by atoms with Gasteiger partial charge in [0.05, 0.1) is 68.8 Å². The smallest absolute Gasteiger partial charge is 0.872 e. The molecule has 454 valence electrons. The first-order valence-corrected chi connectivity index (χ1v) is 29.0. The predicted octanol–water partition coefficient (Wildman–Crippen LogP) is 0.459. The van der Waals surface area contributed by atoms with Gasteiger partial charge in [-0.05, 0) is 193 Å². The van der Waals surface area contributed by atoms with E-state index >= 15 is 0 Å². The predicted molar refractivity (Wildman–Crippen MR) is 325 cm³/mol. The molecule has 0 aromatic heterocycles. The van der Waals surface area contributed by atoms with Gasteiger partial charge in [-0.3, -0.25) is 9.11 Å². The molecule has 0 saturated heterocycles. The van der Waals surface area contributed by atoms with Gasteiger partial charge in [0.25, 0.3) is 20.2 Å². The number of benzene rings is 9. The number of nitrogens with zero attached hydrogens (tertiary/aromatic N) is 12. The first-order valence-electron chi connectivity index (χ1n) is 26.1. The summed E-state index contributed by atoms with van der Waals surface area (Å²) in [6, 6.07) is 34.8. The van der Waals surface area contributed by atoms with Crippen molar-refractivity contribution in [3.8, 4) is 33.8 Å². The summed E-state index contributed by atoms with van der Waals surface area (Å²) >= 11 is 0. The number of carbonyl (C=O) groups excluding carboxylic acids is 2. The number of rotatable bonds is 18. The van der Waals surface area contributed by atoms with E-state index in [4.69, 9.17) is 22.9 Å². The maximum atomic E-state index is 12.7. The molecule has 28 nitrogen and oxygen atoms in total. The number of anilines is 4.